The predicted octanol–water partition coefficient (Wildman–Crippen LogP) is 0.476. The van der Waals surface area contributed by atoms with Crippen LogP contribution >= 0.6 is 0 Å². The van der Waals surface area contributed by atoms with E-state index in [1.54, 1.807) is 13.8 Å². The molecule has 1 heterocycles. The molecule has 0 saturated carbocycles. The van der Waals surface area contributed by atoms with Crippen molar-refractivity contribution in [1.29, 1.82) is 0 Å². The number of fused-ring (bicyclic) bond motifs is 1. The van der Waals surface area contributed by atoms with Gasteiger partial charge in [0.25, 0.3) is 0 Å². The first-order valence-electron chi connectivity index (χ1n) is 16.3. The summed E-state index contributed by atoms with van der Waals surface area (Å²) >= 11 is 0. The van der Waals surface area contributed by atoms with Crippen LogP contribution in [0.2, 0.25) is 0 Å². The summed E-state index contributed by atoms with van der Waals surface area (Å²) in [7, 11) is 0. The zero-order chi connectivity index (χ0) is 41.2. The van der Waals surface area contributed by atoms with Gasteiger partial charge in [0.15, 0.2) is 0 Å². The molecule has 0 radical (unpaired) electrons. The number of hydrogen-bond donors (Lipinski definition) is 8. The van der Waals surface area contributed by atoms with E-state index in [0.29, 0.717) is 0 Å². The number of carboxylic acid groups (broad SMARTS) is 2. The highest BCUT2D eigenvalue weighted by molar-refractivity contribution is 6.01. The van der Waals surface area contributed by atoms with Gasteiger partial charge in [0, 0.05) is 30.1 Å². The SMILES string of the molecule is CC(=O)NC(C(=O)NC(CC(=O)O)C(=O)NC(C(=O)NC(C)C(=O)NC(CC(=O)O)C(=O)Nc1ccc2c(C(F)(F)F)cc(=O)oc2c1)C(C)C)C(C)C. The van der Waals surface area contributed by atoms with Crippen LogP contribution in [0.1, 0.15) is 59.9 Å². The number of nitrogens with one attached hydrogen (secondary N) is 6. The second-order valence-corrected chi connectivity index (χ2v) is 12.9. The molecule has 5 unspecified atom stereocenters. The fourth-order valence-corrected chi connectivity index (χ4v) is 4.94. The number of carbonyl (C=O) groups excluding carboxylic acids is 6. The van der Waals surface area contributed by atoms with Gasteiger partial charge in [-0.05, 0) is 30.9 Å². The third kappa shape index (κ3) is 12.9. The molecule has 0 fully saturated rings. The lowest BCUT2D eigenvalue weighted by atomic mass is 10.0. The second kappa shape index (κ2) is 18.6. The van der Waals surface area contributed by atoms with E-state index in [4.69, 9.17) is 4.42 Å². The Morgan fingerprint density at radius 1 is 0.685 bits per heavy atom. The summed E-state index contributed by atoms with van der Waals surface area (Å²) in [6.07, 6.45) is -6.79. The van der Waals surface area contributed by atoms with Gasteiger partial charge in [-0.15, -0.1) is 0 Å². The molecule has 2 aromatic rings. The fourth-order valence-electron chi connectivity index (χ4n) is 4.94. The van der Waals surface area contributed by atoms with Crippen LogP contribution in [0.25, 0.3) is 11.0 Å². The first kappa shape index (κ1) is 44.1. The number of alkyl halides is 3. The largest absolute Gasteiger partial charge is 0.481 e. The quantitative estimate of drug-likeness (QED) is 0.102. The minimum atomic E-state index is -4.91. The Morgan fingerprint density at radius 2 is 1.19 bits per heavy atom. The molecule has 6 amide bonds. The third-order valence-electron chi connectivity index (χ3n) is 7.65. The van der Waals surface area contributed by atoms with Crippen molar-refractivity contribution in [3.63, 3.8) is 0 Å². The monoisotopic (exact) mass is 770 g/mol. The Morgan fingerprint density at radius 3 is 1.69 bits per heavy atom. The number of anilines is 1. The van der Waals surface area contributed by atoms with Crippen molar-refractivity contribution in [2.45, 2.75) is 90.8 Å². The molecule has 1 aromatic carbocycles. The van der Waals surface area contributed by atoms with Crippen LogP contribution in [0.4, 0.5) is 18.9 Å². The van der Waals surface area contributed by atoms with Crippen molar-refractivity contribution in [3.05, 3.63) is 40.2 Å². The Hall–Kier alpha value is -6.02. The number of carbonyl (C=O) groups is 8. The van der Waals surface area contributed by atoms with Crippen LogP contribution < -0.4 is 37.5 Å². The molecule has 21 heteroatoms. The van der Waals surface area contributed by atoms with E-state index in [0.717, 1.165) is 32.0 Å². The summed E-state index contributed by atoms with van der Waals surface area (Å²) in [4.78, 5) is 112. The van der Waals surface area contributed by atoms with Gasteiger partial charge >= 0.3 is 23.7 Å². The molecule has 5 atom stereocenters. The molecular weight excluding hydrogens is 729 g/mol. The van der Waals surface area contributed by atoms with Crippen LogP contribution in [0.5, 0.6) is 0 Å². The second-order valence-electron chi connectivity index (χ2n) is 12.9. The third-order valence-corrected chi connectivity index (χ3v) is 7.65. The van der Waals surface area contributed by atoms with E-state index in [9.17, 15) is 66.5 Å². The van der Waals surface area contributed by atoms with E-state index in [1.165, 1.54) is 13.8 Å². The fraction of sp³-hybridized carbons (Fsp3) is 0.485. The Bertz CT molecular complexity index is 1840. The topological polar surface area (TPSA) is 279 Å². The van der Waals surface area contributed by atoms with Crippen LogP contribution in [0.15, 0.2) is 33.5 Å². The molecule has 54 heavy (non-hydrogen) atoms. The summed E-state index contributed by atoms with van der Waals surface area (Å²) in [5.41, 5.74) is -3.38. The average molecular weight is 771 g/mol. The van der Waals surface area contributed by atoms with Crippen LogP contribution in [0, 0.1) is 11.8 Å². The zero-order valence-electron chi connectivity index (χ0n) is 29.9. The zero-order valence-corrected chi connectivity index (χ0v) is 29.9. The van der Waals surface area contributed by atoms with Crippen LogP contribution in [0.3, 0.4) is 0 Å². The molecule has 0 bridgehead atoms. The first-order chi connectivity index (χ1) is 24.9. The van der Waals surface area contributed by atoms with Crippen molar-refractivity contribution in [2.24, 2.45) is 11.8 Å². The van der Waals surface area contributed by atoms with E-state index < -0.39 is 131 Å². The molecule has 1 aromatic heterocycles. The van der Waals surface area contributed by atoms with Gasteiger partial charge in [-0.2, -0.15) is 13.2 Å². The Kier molecular flexibility index (Phi) is 15.2. The van der Waals surface area contributed by atoms with E-state index in [-0.39, 0.29) is 11.8 Å². The van der Waals surface area contributed by atoms with E-state index >= 15 is 0 Å². The number of hydrogen-bond acceptors (Lipinski definition) is 10. The highest BCUT2D eigenvalue weighted by atomic mass is 19.4. The molecule has 18 nitrogen and oxygen atoms in total. The molecule has 0 aliphatic rings. The van der Waals surface area contributed by atoms with Crippen molar-refractivity contribution >= 4 is 64.0 Å². The molecule has 0 spiro atoms. The molecule has 0 aliphatic carbocycles. The molecule has 8 N–H and O–H groups in total. The summed E-state index contributed by atoms with van der Waals surface area (Å²) < 4.78 is 45.0. The molecule has 0 aliphatic heterocycles. The first-order valence-corrected chi connectivity index (χ1v) is 16.3. The maximum atomic E-state index is 13.4. The van der Waals surface area contributed by atoms with Gasteiger partial charge in [-0.3, -0.25) is 38.4 Å². The molecule has 0 saturated heterocycles. The highest BCUT2D eigenvalue weighted by Crippen LogP contribution is 2.34. The van der Waals surface area contributed by atoms with Gasteiger partial charge in [0.05, 0.1) is 18.4 Å². The predicted molar refractivity (Wildman–Crippen MR) is 181 cm³/mol. The number of carboxylic acids is 2. The Labute approximate surface area is 305 Å². The Balaban J connectivity index is 2.20. The van der Waals surface area contributed by atoms with Crippen LogP contribution in [-0.4, -0.2) is 87.8 Å². The lowest BCUT2D eigenvalue weighted by Crippen LogP contribution is -2.60. The van der Waals surface area contributed by atoms with Crippen molar-refractivity contribution in [1.82, 2.24) is 26.6 Å². The minimum absolute atomic E-state index is 0.219. The maximum Gasteiger partial charge on any atom is 0.417 e. The smallest absolute Gasteiger partial charge is 0.417 e. The van der Waals surface area contributed by atoms with Crippen molar-refractivity contribution in [3.8, 4) is 0 Å². The van der Waals surface area contributed by atoms with Crippen molar-refractivity contribution < 1.29 is 66.2 Å². The summed E-state index contributed by atoms with van der Waals surface area (Å²) in [6, 6.07) is -4.42. The number of rotatable bonds is 17. The van der Waals surface area contributed by atoms with Crippen LogP contribution in [-0.2, 0) is 44.5 Å². The highest BCUT2D eigenvalue weighted by Gasteiger charge is 2.36. The summed E-state index contributed by atoms with van der Waals surface area (Å²) in [5.74, 6) is -9.84. The van der Waals surface area contributed by atoms with Gasteiger partial charge < -0.3 is 46.5 Å². The van der Waals surface area contributed by atoms with Crippen molar-refractivity contribution in [2.75, 3.05) is 5.32 Å². The standard InChI is InChI=1S/C33H41F3N6O12/c1-13(2)26(38-16(6)43)32(53)41-21(12-24(46)47)30(51)42-27(14(3)4)31(52)37-15(5)28(49)40-20(11-23(44)45)29(50)39-17-7-8-18-19(33(34,35)36)10-25(48)54-22(18)9-17/h7-10,13-15,20-21,26-27H,11-12H2,1-6H3,(H,37,52)(H,38,43)(H,39,50)(H,40,49)(H,41,53)(H,42,51)(H,44,45)(H,46,47). The maximum absolute atomic E-state index is 13.4. The van der Waals surface area contributed by atoms with E-state index in [2.05, 4.69) is 31.9 Å². The number of halogens is 3. The summed E-state index contributed by atoms with van der Waals surface area (Å²) in [6.45, 7) is 8.53. The van der Waals surface area contributed by atoms with Gasteiger partial charge in [0.1, 0.15) is 35.8 Å². The molecule has 296 valence electrons. The number of benzene rings is 1. The minimum Gasteiger partial charge on any atom is -0.481 e. The molecule has 2 rings (SSSR count). The number of amides is 6. The van der Waals surface area contributed by atoms with E-state index in [1.807, 2.05) is 0 Å². The summed E-state index contributed by atoms with van der Waals surface area (Å²) in [5, 5.41) is 31.9. The van der Waals surface area contributed by atoms with Gasteiger partial charge in [-0.1, -0.05) is 27.7 Å². The molecular formula is C33H41F3N6O12. The average Bonchev–Trinajstić information content (AvgIpc) is 3.03. The lowest BCUT2D eigenvalue weighted by Gasteiger charge is -2.28. The number of aliphatic carboxylic acids is 2. The normalized spacial score (nSPS) is 14.2. The van der Waals surface area contributed by atoms with Gasteiger partial charge in [0.2, 0.25) is 35.4 Å². The van der Waals surface area contributed by atoms with Gasteiger partial charge in [-0.25, -0.2) is 4.79 Å². The lowest BCUT2D eigenvalue weighted by molar-refractivity contribution is -0.142.